The molecule has 0 aliphatic rings. The maximum Gasteiger partial charge on any atom is 0.128 e. The second-order valence-corrected chi connectivity index (χ2v) is 4.35. The number of rotatable bonds is 6. The van der Waals surface area contributed by atoms with Gasteiger partial charge in [0.25, 0.3) is 0 Å². The first-order valence-corrected chi connectivity index (χ1v) is 6.41. The number of hydrogen-bond donors (Lipinski definition) is 0. The van der Waals surface area contributed by atoms with Gasteiger partial charge in [0, 0.05) is 33.1 Å². The molecule has 0 aliphatic heterocycles. The molecule has 5 nitrogen and oxygen atoms in total. The third kappa shape index (κ3) is 4.13. The highest BCUT2D eigenvalue weighted by molar-refractivity contribution is 5.67. The van der Waals surface area contributed by atoms with Crippen molar-refractivity contribution in [1.29, 1.82) is 0 Å². The summed E-state index contributed by atoms with van der Waals surface area (Å²) in [5.74, 6) is 0.929. The molecule has 0 saturated carbocycles. The van der Waals surface area contributed by atoms with Crippen molar-refractivity contribution in [3.8, 4) is 0 Å². The Morgan fingerprint density at radius 2 is 2.15 bits per heavy atom. The average Bonchev–Trinajstić information content (AvgIpc) is 2.52. The summed E-state index contributed by atoms with van der Waals surface area (Å²) in [7, 11) is 3.69. The van der Waals surface area contributed by atoms with E-state index in [9.17, 15) is 0 Å². The van der Waals surface area contributed by atoms with E-state index in [1.54, 1.807) is 13.3 Å². The first-order valence-electron chi connectivity index (χ1n) is 6.41. The number of methoxy groups -OCH3 is 1. The average molecular weight is 270 g/mol. The summed E-state index contributed by atoms with van der Waals surface area (Å²) >= 11 is 0. The minimum absolute atomic E-state index is 0.687. The smallest absolute Gasteiger partial charge is 0.128 e. The maximum absolute atomic E-state index is 5.05. The number of nitrogens with zero attached hydrogens (tertiary/aromatic N) is 4. The number of anilines is 1. The molecule has 5 heteroatoms. The van der Waals surface area contributed by atoms with Gasteiger partial charge in [-0.05, 0) is 35.9 Å². The Morgan fingerprint density at radius 1 is 1.25 bits per heavy atom. The number of pyridine rings is 1. The quantitative estimate of drug-likeness (QED) is 0.804. The van der Waals surface area contributed by atoms with Crippen molar-refractivity contribution in [1.82, 2.24) is 15.2 Å². The molecule has 2 rings (SSSR count). The van der Waals surface area contributed by atoms with Gasteiger partial charge in [0.05, 0.1) is 12.3 Å². The topological polar surface area (TPSA) is 51.1 Å². The zero-order valence-electron chi connectivity index (χ0n) is 11.7. The van der Waals surface area contributed by atoms with Gasteiger partial charge < -0.3 is 9.64 Å². The fourth-order valence-corrected chi connectivity index (χ4v) is 1.65. The van der Waals surface area contributed by atoms with Gasteiger partial charge in [-0.25, -0.2) is 4.98 Å². The van der Waals surface area contributed by atoms with E-state index < -0.39 is 0 Å². The highest BCUT2D eigenvalue weighted by atomic mass is 16.5. The Kier molecular flexibility index (Phi) is 5.20. The molecule has 0 radical (unpaired) electrons. The minimum atomic E-state index is 0.687. The van der Waals surface area contributed by atoms with Crippen molar-refractivity contribution in [3.63, 3.8) is 0 Å². The second kappa shape index (κ2) is 7.35. The van der Waals surface area contributed by atoms with Gasteiger partial charge in [-0.2, -0.15) is 10.2 Å². The lowest BCUT2D eigenvalue weighted by atomic mass is 10.2. The van der Waals surface area contributed by atoms with E-state index in [0.29, 0.717) is 6.61 Å². The van der Waals surface area contributed by atoms with Crippen LogP contribution in [0.1, 0.15) is 11.3 Å². The first kappa shape index (κ1) is 14.1. The molecule has 0 bridgehead atoms. The van der Waals surface area contributed by atoms with Crippen molar-refractivity contribution in [2.75, 3.05) is 32.2 Å². The third-order valence-electron chi connectivity index (χ3n) is 2.83. The van der Waals surface area contributed by atoms with Crippen LogP contribution in [0, 0.1) is 0 Å². The SMILES string of the molecule is COCCN(C)c1ccc(C=Cc2cccnn2)cn1. The summed E-state index contributed by atoms with van der Waals surface area (Å²) in [6.07, 6.45) is 7.38. The highest BCUT2D eigenvalue weighted by Crippen LogP contribution is 2.11. The molecule has 0 N–H and O–H groups in total. The molecule has 2 heterocycles. The fourth-order valence-electron chi connectivity index (χ4n) is 1.65. The van der Waals surface area contributed by atoms with E-state index in [0.717, 1.165) is 23.6 Å². The van der Waals surface area contributed by atoms with Crippen LogP contribution in [0.4, 0.5) is 5.82 Å². The van der Waals surface area contributed by atoms with Gasteiger partial charge in [-0.3, -0.25) is 0 Å². The minimum Gasteiger partial charge on any atom is -0.383 e. The van der Waals surface area contributed by atoms with Gasteiger partial charge in [0.15, 0.2) is 0 Å². The van der Waals surface area contributed by atoms with Crippen molar-refractivity contribution in [3.05, 3.63) is 47.9 Å². The predicted molar refractivity (Wildman–Crippen MR) is 80.3 cm³/mol. The maximum atomic E-state index is 5.05. The Labute approximate surface area is 118 Å². The van der Waals surface area contributed by atoms with Gasteiger partial charge in [-0.15, -0.1) is 0 Å². The zero-order chi connectivity index (χ0) is 14.2. The summed E-state index contributed by atoms with van der Waals surface area (Å²) in [4.78, 5) is 6.48. The third-order valence-corrected chi connectivity index (χ3v) is 2.83. The van der Waals surface area contributed by atoms with Crippen molar-refractivity contribution in [2.45, 2.75) is 0 Å². The molecule has 0 aliphatic carbocycles. The highest BCUT2D eigenvalue weighted by Gasteiger charge is 2.01. The molecule has 0 amide bonds. The van der Waals surface area contributed by atoms with Gasteiger partial charge in [-0.1, -0.05) is 6.08 Å². The van der Waals surface area contributed by atoms with E-state index in [-0.39, 0.29) is 0 Å². The predicted octanol–water partition coefficient (Wildman–Crippen LogP) is 2.12. The number of ether oxygens (including phenoxy) is 1. The Hall–Kier alpha value is -2.27. The molecule has 0 spiro atoms. The standard InChI is InChI=1S/C15H18N4O/c1-19(10-11-20-2)15-8-6-13(12-16-15)5-7-14-4-3-9-17-18-14/h3-9,12H,10-11H2,1-2H3. The first-order chi connectivity index (χ1) is 9.79. The van der Waals surface area contributed by atoms with Crippen LogP contribution in [0.2, 0.25) is 0 Å². The van der Waals surface area contributed by atoms with Gasteiger partial charge in [0.2, 0.25) is 0 Å². The largest absolute Gasteiger partial charge is 0.383 e. The molecular weight excluding hydrogens is 252 g/mol. The number of likely N-dealkylation sites (N-methyl/N-ethyl adjacent to an activating group) is 1. The van der Waals surface area contributed by atoms with Crippen LogP contribution in [0.5, 0.6) is 0 Å². The Bertz CT molecular complexity index is 540. The van der Waals surface area contributed by atoms with Crippen LogP contribution < -0.4 is 4.90 Å². The van der Waals surface area contributed by atoms with E-state index >= 15 is 0 Å². The summed E-state index contributed by atoms with van der Waals surface area (Å²) in [5.41, 5.74) is 1.85. The summed E-state index contributed by atoms with van der Waals surface area (Å²) in [5, 5.41) is 7.82. The molecule has 0 saturated heterocycles. The van der Waals surface area contributed by atoms with Crippen LogP contribution in [0.15, 0.2) is 36.7 Å². The molecule has 0 fully saturated rings. The molecule has 0 unspecified atom stereocenters. The summed E-state index contributed by atoms with van der Waals surface area (Å²) in [6, 6.07) is 7.78. The molecule has 20 heavy (non-hydrogen) atoms. The van der Waals surface area contributed by atoms with Crippen molar-refractivity contribution in [2.24, 2.45) is 0 Å². The van der Waals surface area contributed by atoms with Crippen LogP contribution >= 0.6 is 0 Å². The number of hydrogen-bond acceptors (Lipinski definition) is 5. The van der Waals surface area contributed by atoms with Crippen molar-refractivity contribution >= 4 is 18.0 Å². The van der Waals surface area contributed by atoms with Gasteiger partial charge in [0.1, 0.15) is 5.82 Å². The molecule has 2 aromatic heterocycles. The molecular formula is C15H18N4O. The van der Waals surface area contributed by atoms with E-state index in [4.69, 9.17) is 4.74 Å². The Balaban J connectivity index is 1.99. The Morgan fingerprint density at radius 3 is 2.80 bits per heavy atom. The lowest BCUT2D eigenvalue weighted by Crippen LogP contribution is -2.22. The normalized spacial score (nSPS) is 10.9. The van der Waals surface area contributed by atoms with Gasteiger partial charge >= 0.3 is 0 Å². The van der Waals surface area contributed by atoms with Crippen LogP contribution in [0.25, 0.3) is 12.2 Å². The fraction of sp³-hybridized carbons (Fsp3) is 0.267. The monoisotopic (exact) mass is 270 g/mol. The lowest BCUT2D eigenvalue weighted by molar-refractivity contribution is 0.206. The van der Waals surface area contributed by atoms with E-state index in [1.807, 2.05) is 49.7 Å². The summed E-state index contributed by atoms with van der Waals surface area (Å²) in [6.45, 7) is 1.50. The van der Waals surface area contributed by atoms with E-state index in [2.05, 4.69) is 20.1 Å². The molecule has 104 valence electrons. The van der Waals surface area contributed by atoms with E-state index in [1.165, 1.54) is 0 Å². The molecule has 0 atom stereocenters. The van der Waals surface area contributed by atoms with Crippen molar-refractivity contribution < 1.29 is 4.74 Å². The second-order valence-electron chi connectivity index (χ2n) is 4.35. The molecule has 0 aromatic carbocycles. The zero-order valence-corrected chi connectivity index (χ0v) is 11.7. The summed E-state index contributed by atoms with van der Waals surface area (Å²) < 4.78 is 5.05. The number of aromatic nitrogens is 3. The lowest BCUT2D eigenvalue weighted by Gasteiger charge is -2.17. The van der Waals surface area contributed by atoms with Crippen LogP contribution in [-0.4, -0.2) is 42.5 Å². The van der Waals surface area contributed by atoms with Crippen LogP contribution in [0.3, 0.4) is 0 Å². The van der Waals surface area contributed by atoms with Crippen LogP contribution in [-0.2, 0) is 4.74 Å². The molecule has 2 aromatic rings.